The minimum Gasteiger partial charge on any atom is -0.397 e. The molecule has 0 aliphatic rings. The number of pyridine rings is 1. The van der Waals surface area contributed by atoms with Crippen molar-refractivity contribution in [2.75, 3.05) is 17.7 Å². The van der Waals surface area contributed by atoms with Gasteiger partial charge < -0.3 is 15.2 Å². The standard InChI is InChI=1S/C11H15N5/c1-15-4-3-14-11(15)8-16(2)10-5-9(12)6-13-7-10/h3-7H,8,12H2,1-2H3. The Morgan fingerprint density at radius 2 is 2.25 bits per heavy atom. The molecule has 5 heteroatoms. The van der Waals surface area contributed by atoms with Crippen molar-refractivity contribution < 1.29 is 0 Å². The van der Waals surface area contributed by atoms with Gasteiger partial charge in [-0.1, -0.05) is 0 Å². The third-order valence-corrected chi connectivity index (χ3v) is 2.49. The van der Waals surface area contributed by atoms with Crippen molar-refractivity contribution in [3.05, 3.63) is 36.7 Å². The van der Waals surface area contributed by atoms with E-state index in [-0.39, 0.29) is 0 Å². The van der Waals surface area contributed by atoms with Crippen LogP contribution in [0.4, 0.5) is 11.4 Å². The Morgan fingerprint density at radius 3 is 2.88 bits per heavy atom. The summed E-state index contributed by atoms with van der Waals surface area (Å²) in [6.07, 6.45) is 7.15. The molecule has 16 heavy (non-hydrogen) atoms. The zero-order valence-electron chi connectivity index (χ0n) is 9.46. The number of aryl methyl sites for hydroxylation is 1. The number of nitrogens with two attached hydrogens (primary N) is 1. The molecule has 0 bridgehead atoms. The zero-order valence-corrected chi connectivity index (χ0v) is 9.46. The van der Waals surface area contributed by atoms with Gasteiger partial charge in [0, 0.05) is 32.7 Å². The second-order valence-electron chi connectivity index (χ2n) is 3.79. The summed E-state index contributed by atoms with van der Waals surface area (Å²) in [6.45, 7) is 0.731. The molecule has 0 spiro atoms. The van der Waals surface area contributed by atoms with Crippen LogP contribution >= 0.6 is 0 Å². The molecule has 0 saturated heterocycles. The maximum absolute atomic E-state index is 5.69. The molecule has 0 saturated carbocycles. The van der Waals surface area contributed by atoms with Gasteiger partial charge in [0.05, 0.1) is 24.1 Å². The molecule has 2 N–H and O–H groups in total. The quantitative estimate of drug-likeness (QED) is 0.834. The van der Waals surface area contributed by atoms with Crippen molar-refractivity contribution in [3.63, 3.8) is 0 Å². The molecule has 0 amide bonds. The minimum absolute atomic E-state index is 0.671. The zero-order chi connectivity index (χ0) is 11.5. The van der Waals surface area contributed by atoms with Crippen LogP contribution in [0.5, 0.6) is 0 Å². The van der Waals surface area contributed by atoms with E-state index in [1.165, 1.54) is 0 Å². The van der Waals surface area contributed by atoms with Gasteiger partial charge in [0.1, 0.15) is 5.82 Å². The van der Waals surface area contributed by atoms with Gasteiger partial charge in [-0.05, 0) is 6.07 Å². The summed E-state index contributed by atoms with van der Waals surface area (Å²) in [5.41, 5.74) is 7.35. The van der Waals surface area contributed by atoms with Crippen LogP contribution in [-0.4, -0.2) is 21.6 Å². The van der Waals surface area contributed by atoms with Crippen LogP contribution in [-0.2, 0) is 13.6 Å². The maximum atomic E-state index is 5.69. The molecule has 0 aliphatic heterocycles. The van der Waals surface area contributed by atoms with E-state index in [0.29, 0.717) is 5.69 Å². The Labute approximate surface area is 94.5 Å². The van der Waals surface area contributed by atoms with E-state index in [2.05, 4.69) is 14.9 Å². The number of aromatic nitrogens is 3. The van der Waals surface area contributed by atoms with E-state index in [1.54, 1.807) is 18.6 Å². The number of hydrogen-bond donors (Lipinski definition) is 1. The lowest BCUT2D eigenvalue weighted by molar-refractivity contribution is 0.761. The normalized spacial score (nSPS) is 10.4. The minimum atomic E-state index is 0.671. The highest BCUT2D eigenvalue weighted by molar-refractivity contribution is 5.52. The van der Waals surface area contributed by atoms with Crippen molar-refractivity contribution in [2.45, 2.75) is 6.54 Å². The lowest BCUT2D eigenvalue weighted by Gasteiger charge is -2.18. The van der Waals surface area contributed by atoms with Gasteiger partial charge in [0.25, 0.3) is 0 Å². The van der Waals surface area contributed by atoms with Gasteiger partial charge in [-0.25, -0.2) is 4.98 Å². The van der Waals surface area contributed by atoms with E-state index in [0.717, 1.165) is 18.1 Å². The highest BCUT2D eigenvalue weighted by atomic mass is 15.2. The number of rotatable bonds is 3. The van der Waals surface area contributed by atoms with E-state index >= 15 is 0 Å². The van der Waals surface area contributed by atoms with Crippen LogP contribution in [0.3, 0.4) is 0 Å². The van der Waals surface area contributed by atoms with Crippen LogP contribution in [0.15, 0.2) is 30.9 Å². The highest BCUT2D eigenvalue weighted by Crippen LogP contribution is 2.15. The van der Waals surface area contributed by atoms with Gasteiger partial charge in [-0.2, -0.15) is 0 Å². The highest BCUT2D eigenvalue weighted by Gasteiger charge is 2.06. The van der Waals surface area contributed by atoms with Crippen LogP contribution in [0.2, 0.25) is 0 Å². The third kappa shape index (κ3) is 2.13. The number of nitrogens with zero attached hydrogens (tertiary/aromatic N) is 4. The predicted molar refractivity (Wildman–Crippen MR) is 64.0 cm³/mol. The molecule has 0 unspecified atom stereocenters. The summed E-state index contributed by atoms with van der Waals surface area (Å²) in [4.78, 5) is 10.4. The van der Waals surface area contributed by atoms with E-state index in [4.69, 9.17) is 5.73 Å². The summed E-state index contributed by atoms with van der Waals surface area (Å²) in [7, 11) is 3.97. The number of nitrogen functional groups attached to an aromatic ring is 1. The average molecular weight is 217 g/mol. The van der Waals surface area contributed by atoms with Crippen LogP contribution in [0.25, 0.3) is 0 Å². The Hall–Kier alpha value is -2.04. The molecule has 0 atom stereocenters. The third-order valence-electron chi connectivity index (χ3n) is 2.49. The summed E-state index contributed by atoms with van der Waals surface area (Å²) in [5, 5.41) is 0. The number of anilines is 2. The van der Waals surface area contributed by atoms with Crippen molar-refractivity contribution in [3.8, 4) is 0 Å². The molecular weight excluding hydrogens is 202 g/mol. The second kappa shape index (κ2) is 4.22. The molecule has 2 aromatic heterocycles. The smallest absolute Gasteiger partial charge is 0.127 e. The number of hydrogen-bond acceptors (Lipinski definition) is 4. The lowest BCUT2D eigenvalue weighted by Crippen LogP contribution is -2.19. The van der Waals surface area contributed by atoms with Crippen LogP contribution < -0.4 is 10.6 Å². The first-order valence-electron chi connectivity index (χ1n) is 5.04. The topological polar surface area (TPSA) is 60.0 Å². The van der Waals surface area contributed by atoms with Crippen molar-refractivity contribution in [2.24, 2.45) is 7.05 Å². The fourth-order valence-electron chi connectivity index (χ4n) is 1.51. The van der Waals surface area contributed by atoms with Gasteiger partial charge in [0.15, 0.2) is 0 Å². The summed E-state index contributed by atoms with van der Waals surface area (Å²) >= 11 is 0. The molecule has 0 aromatic carbocycles. The van der Waals surface area contributed by atoms with Gasteiger partial charge in [-0.15, -0.1) is 0 Å². The van der Waals surface area contributed by atoms with Crippen LogP contribution in [0.1, 0.15) is 5.82 Å². The summed E-state index contributed by atoms with van der Waals surface area (Å²) in [6, 6.07) is 1.90. The van der Waals surface area contributed by atoms with Gasteiger partial charge >= 0.3 is 0 Å². The largest absolute Gasteiger partial charge is 0.397 e. The van der Waals surface area contributed by atoms with E-state index < -0.39 is 0 Å². The summed E-state index contributed by atoms with van der Waals surface area (Å²) in [5.74, 6) is 1.00. The Kier molecular flexibility index (Phi) is 2.76. The molecular formula is C11H15N5. The Morgan fingerprint density at radius 1 is 1.44 bits per heavy atom. The van der Waals surface area contributed by atoms with Crippen LogP contribution in [0, 0.1) is 0 Å². The van der Waals surface area contributed by atoms with Gasteiger partial charge in [0.2, 0.25) is 0 Å². The SMILES string of the molecule is CN(Cc1nccn1C)c1cncc(N)c1. The maximum Gasteiger partial charge on any atom is 0.127 e. The van der Waals surface area contributed by atoms with Crippen molar-refractivity contribution >= 4 is 11.4 Å². The molecule has 84 valence electrons. The number of imidazole rings is 1. The molecule has 0 fully saturated rings. The fraction of sp³-hybridized carbons (Fsp3) is 0.273. The average Bonchev–Trinajstić information content (AvgIpc) is 2.64. The van der Waals surface area contributed by atoms with E-state index in [9.17, 15) is 0 Å². The lowest BCUT2D eigenvalue weighted by atomic mass is 10.3. The first-order chi connectivity index (χ1) is 7.66. The van der Waals surface area contributed by atoms with Crippen molar-refractivity contribution in [1.29, 1.82) is 0 Å². The van der Waals surface area contributed by atoms with Crippen molar-refractivity contribution in [1.82, 2.24) is 14.5 Å². The summed E-state index contributed by atoms with van der Waals surface area (Å²) < 4.78 is 2.00. The molecule has 2 aromatic rings. The molecule has 2 heterocycles. The molecule has 5 nitrogen and oxygen atoms in total. The van der Waals surface area contributed by atoms with E-state index in [1.807, 2.05) is 30.9 Å². The molecule has 0 aliphatic carbocycles. The van der Waals surface area contributed by atoms with Gasteiger partial charge in [-0.3, -0.25) is 4.98 Å². The molecule has 0 radical (unpaired) electrons. The first-order valence-corrected chi connectivity index (χ1v) is 5.04. The molecule has 2 rings (SSSR count). The monoisotopic (exact) mass is 217 g/mol. The Bertz CT molecular complexity index is 477. The fourth-order valence-corrected chi connectivity index (χ4v) is 1.51. The Balaban J connectivity index is 2.14. The second-order valence-corrected chi connectivity index (χ2v) is 3.79. The predicted octanol–water partition coefficient (Wildman–Crippen LogP) is 1.03. The first kappa shape index (κ1) is 10.5.